The first-order chi connectivity index (χ1) is 3.86. The molecular weight excluding hydrogens is 140 g/mol. The van der Waals surface area contributed by atoms with Crippen molar-refractivity contribution in [1.29, 1.82) is 0 Å². The summed E-state index contributed by atoms with van der Waals surface area (Å²) >= 11 is 0. The van der Waals surface area contributed by atoms with Crippen molar-refractivity contribution in [2.45, 2.75) is 18.5 Å². The summed E-state index contributed by atoms with van der Waals surface area (Å²) in [5.74, 6) is 0.182. The quantitative estimate of drug-likeness (QED) is 0.476. The molecular formula is C5H9ClN2O. The number of hydrogen-bond donors (Lipinski definition) is 2. The normalized spacial score (nSPS) is 38.0. The molecule has 2 saturated heterocycles. The predicted octanol–water partition coefficient (Wildman–Crippen LogP) is -0.732. The Hall–Kier alpha value is -0.280. The highest BCUT2D eigenvalue weighted by Crippen LogP contribution is 2.13. The summed E-state index contributed by atoms with van der Waals surface area (Å²) in [5.41, 5.74) is 0. The molecule has 2 bridgehead atoms. The molecule has 2 fully saturated rings. The molecule has 2 N–H and O–H groups in total. The summed E-state index contributed by atoms with van der Waals surface area (Å²) in [6.07, 6.45) is 0.999. The van der Waals surface area contributed by atoms with E-state index in [2.05, 4.69) is 10.6 Å². The molecule has 0 spiro atoms. The van der Waals surface area contributed by atoms with Gasteiger partial charge in [-0.3, -0.25) is 4.79 Å². The van der Waals surface area contributed by atoms with E-state index in [4.69, 9.17) is 0 Å². The molecule has 1 amide bonds. The lowest BCUT2D eigenvalue weighted by molar-refractivity contribution is -0.121. The molecule has 0 radical (unpaired) electrons. The van der Waals surface area contributed by atoms with Crippen LogP contribution in [0.15, 0.2) is 0 Å². The number of carbonyl (C=O) groups is 1. The van der Waals surface area contributed by atoms with Gasteiger partial charge in [-0.2, -0.15) is 0 Å². The van der Waals surface area contributed by atoms with Crippen LogP contribution in [0, 0.1) is 0 Å². The maximum Gasteiger partial charge on any atom is 0.237 e. The van der Waals surface area contributed by atoms with Crippen LogP contribution < -0.4 is 10.6 Å². The van der Waals surface area contributed by atoms with Crippen molar-refractivity contribution in [2.75, 3.05) is 6.54 Å². The highest BCUT2D eigenvalue weighted by molar-refractivity contribution is 5.85. The standard InChI is InChI=1S/C5H8N2O.ClH/c8-5-4-1-3(7-5)2-6-4;/h3-4,6H,1-2H2,(H,7,8);1H/t3-,4-;/m0./s1. The predicted molar refractivity (Wildman–Crippen MR) is 35.6 cm³/mol. The van der Waals surface area contributed by atoms with Gasteiger partial charge < -0.3 is 10.6 Å². The zero-order valence-corrected chi connectivity index (χ0v) is 5.70. The van der Waals surface area contributed by atoms with Crippen LogP contribution in [0.5, 0.6) is 0 Å². The first kappa shape index (κ1) is 6.83. The Morgan fingerprint density at radius 3 is 2.56 bits per heavy atom. The number of halogens is 1. The Morgan fingerprint density at radius 2 is 2.33 bits per heavy atom. The van der Waals surface area contributed by atoms with E-state index >= 15 is 0 Å². The highest BCUT2D eigenvalue weighted by atomic mass is 35.5. The van der Waals surface area contributed by atoms with Gasteiger partial charge in [-0.15, -0.1) is 12.4 Å². The van der Waals surface area contributed by atoms with Gasteiger partial charge in [0.1, 0.15) is 0 Å². The summed E-state index contributed by atoms with van der Waals surface area (Å²) in [6.45, 7) is 0.969. The molecule has 52 valence electrons. The topological polar surface area (TPSA) is 41.1 Å². The van der Waals surface area contributed by atoms with Crippen molar-refractivity contribution in [3.8, 4) is 0 Å². The second kappa shape index (κ2) is 2.15. The molecule has 0 aromatic heterocycles. The van der Waals surface area contributed by atoms with E-state index in [9.17, 15) is 4.79 Å². The zero-order chi connectivity index (χ0) is 5.56. The summed E-state index contributed by atoms with van der Waals surface area (Å²) in [7, 11) is 0. The minimum Gasteiger partial charge on any atom is -0.351 e. The van der Waals surface area contributed by atoms with E-state index in [0.717, 1.165) is 13.0 Å². The van der Waals surface area contributed by atoms with Gasteiger partial charge in [0.05, 0.1) is 6.04 Å². The number of amides is 1. The SMILES string of the molecule is Cl.O=C1N[C@@H]2CN[C@H]1C2. The lowest BCUT2D eigenvalue weighted by Gasteiger charge is -2.10. The van der Waals surface area contributed by atoms with Gasteiger partial charge in [0, 0.05) is 12.6 Å². The molecule has 2 aliphatic rings. The van der Waals surface area contributed by atoms with Crippen LogP contribution in [0.3, 0.4) is 0 Å². The number of hydrogen-bond acceptors (Lipinski definition) is 2. The van der Waals surface area contributed by atoms with E-state index in [-0.39, 0.29) is 24.4 Å². The second-order valence-corrected chi connectivity index (χ2v) is 2.40. The van der Waals surface area contributed by atoms with E-state index in [0.29, 0.717) is 6.04 Å². The van der Waals surface area contributed by atoms with Gasteiger partial charge in [-0.05, 0) is 6.42 Å². The molecule has 0 unspecified atom stereocenters. The van der Waals surface area contributed by atoms with E-state index < -0.39 is 0 Å². The minimum atomic E-state index is 0. The molecule has 2 atom stereocenters. The largest absolute Gasteiger partial charge is 0.351 e. The smallest absolute Gasteiger partial charge is 0.237 e. The Morgan fingerprint density at radius 1 is 1.56 bits per heavy atom. The van der Waals surface area contributed by atoms with E-state index in [1.165, 1.54) is 0 Å². The van der Waals surface area contributed by atoms with Crippen LogP contribution in [0.1, 0.15) is 6.42 Å². The second-order valence-electron chi connectivity index (χ2n) is 2.40. The third kappa shape index (κ3) is 0.904. The fourth-order valence-corrected chi connectivity index (χ4v) is 1.35. The summed E-state index contributed by atoms with van der Waals surface area (Å²) in [6, 6.07) is 0.576. The first-order valence-electron chi connectivity index (χ1n) is 2.90. The molecule has 0 aromatic rings. The third-order valence-electron chi connectivity index (χ3n) is 1.79. The zero-order valence-electron chi connectivity index (χ0n) is 4.89. The van der Waals surface area contributed by atoms with Crippen molar-refractivity contribution in [3.05, 3.63) is 0 Å². The van der Waals surface area contributed by atoms with Crippen molar-refractivity contribution >= 4 is 18.3 Å². The van der Waals surface area contributed by atoms with Crippen LogP contribution in [-0.4, -0.2) is 24.5 Å². The number of piperazine rings is 1. The van der Waals surface area contributed by atoms with Crippen molar-refractivity contribution in [2.24, 2.45) is 0 Å². The molecule has 2 heterocycles. The Bertz CT molecular complexity index is 139. The lowest BCUT2D eigenvalue weighted by atomic mass is 10.2. The minimum absolute atomic E-state index is 0. The highest BCUT2D eigenvalue weighted by Gasteiger charge is 2.37. The summed E-state index contributed by atoms with van der Waals surface area (Å²) < 4.78 is 0. The molecule has 0 aliphatic carbocycles. The van der Waals surface area contributed by atoms with E-state index in [1.807, 2.05) is 0 Å². The molecule has 0 saturated carbocycles. The number of carbonyl (C=O) groups excluding carboxylic acids is 1. The van der Waals surface area contributed by atoms with E-state index in [1.54, 1.807) is 0 Å². The van der Waals surface area contributed by atoms with Crippen LogP contribution >= 0.6 is 12.4 Å². The van der Waals surface area contributed by atoms with Gasteiger partial charge in [0.25, 0.3) is 0 Å². The summed E-state index contributed by atoms with van der Waals surface area (Å²) in [4.78, 5) is 10.7. The number of fused-ring (bicyclic) bond motifs is 2. The molecule has 3 nitrogen and oxygen atoms in total. The van der Waals surface area contributed by atoms with Gasteiger partial charge in [0.15, 0.2) is 0 Å². The van der Waals surface area contributed by atoms with Crippen LogP contribution in [0.2, 0.25) is 0 Å². The first-order valence-corrected chi connectivity index (χ1v) is 2.90. The lowest BCUT2D eigenvalue weighted by Crippen LogP contribution is -2.44. The fourth-order valence-electron chi connectivity index (χ4n) is 1.35. The molecule has 4 heteroatoms. The fraction of sp³-hybridized carbons (Fsp3) is 0.800. The Kier molecular flexibility index (Phi) is 1.64. The van der Waals surface area contributed by atoms with Gasteiger partial charge in [0.2, 0.25) is 5.91 Å². The Balaban J connectivity index is 0.000000405. The molecule has 2 rings (SSSR count). The van der Waals surface area contributed by atoms with Crippen LogP contribution in [-0.2, 0) is 4.79 Å². The van der Waals surface area contributed by atoms with Crippen molar-refractivity contribution < 1.29 is 4.79 Å². The van der Waals surface area contributed by atoms with Crippen LogP contribution in [0.4, 0.5) is 0 Å². The van der Waals surface area contributed by atoms with Crippen molar-refractivity contribution in [1.82, 2.24) is 10.6 Å². The summed E-state index contributed by atoms with van der Waals surface area (Å²) in [5, 5.41) is 5.95. The maximum absolute atomic E-state index is 10.7. The monoisotopic (exact) mass is 148 g/mol. The maximum atomic E-state index is 10.7. The van der Waals surface area contributed by atoms with Gasteiger partial charge >= 0.3 is 0 Å². The van der Waals surface area contributed by atoms with Gasteiger partial charge in [-0.25, -0.2) is 0 Å². The molecule has 0 aromatic carbocycles. The van der Waals surface area contributed by atoms with Crippen molar-refractivity contribution in [3.63, 3.8) is 0 Å². The van der Waals surface area contributed by atoms with Gasteiger partial charge in [-0.1, -0.05) is 0 Å². The third-order valence-corrected chi connectivity index (χ3v) is 1.79. The number of rotatable bonds is 0. The molecule has 2 aliphatic heterocycles. The number of nitrogens with one attached hydrogen (secondary N) is 2. The Labute approximate surface area is 59.6 Å². The van der Waals surface area contributed by atoms with Crippen LogP contribution in [0.25, 0.3) is 0 Å². The average molecular weight is 149 g/mol. The molecule has 9 heavy (non-hydrogen) atoms. The average Bonchev–Trinajstić information content (AvgIpc) is 2.23.